The fourth-order valence-corrected chi connectivity index (χ4v) is 2.47. The number of hydrogen-bond acceptors (Lipinski definition) is 5. The molecule has 2 aromatic carbocycles. The van der Waals surface area contributed by atoms with Gasteiger partial charge in [0, 0.05) is 28.8 Å². The molecule has 0 heterocycles. The van der Waals surface area contributed by atoms with Crippen LogP contribution in [0.2, 0.25) is 0 Å². The number of nitro benzene ring substituents is 1. The van der Waals surface area contributed by atoms with Crippen molar-refractivity contribution in [3.63, 3.8) is 0 Å². The second-order valence-corrected chi connectivity index (χ2v) is 5.32. The van der Waals surface area contributed by atoms with E-state index in [1.807, 2.05) is 0 Å². The highest BCUT2D eigenvalue weighted by molar-refractivity contribution is 6.24. The van der Waals surface area contributed by atoms with Gasteiger partial charge in [-0.1, -0.05) is 24.3 Å². The summed E-state index contributed by atoms with van der Waals surface area (Å²) >= 11 is 0. The summed E-state index contributed by atoms with van der Waals surface area (Å²) in [4.78, 5) is 34.5. The van der Waals surface area contributed by atoms with Gasteiger partial charge in [0.25, 0.3) is 5.69 Å². The molecule has 2 aromatic rings. The molecule has 0 radical (unpaired) electrons. The van der Waals surface area contributed by atoms with Crippen LogP contribution >= 0.6 is 0 Å². The first-order valence-corrected chi connectivity index (χ1v) is 7.26. The van der Waals surface area contributed by atoms with Crippen LogP contribution in [0.3, 0.4) is 0 Å². The zero-order valence-electron chi connectivity index (χ0n) is 12.6. The Morgan fingerprint density at radius 3 is 2.25 bits per heavy atom. The highest BCUT2D eigenvalue weighted by Crippen LogP contribution is 2.21. The minimum Gasteiger partial charge on any atom is -0.372 e. The number of allylic oxidation sites excluding steroid dienone is 1. The second kappa shape index (κ2) is 6.55. The smallest absolute Gasteiger partial charge is 0.269 e. The first-order valence-electron chi connectivity index (χ1n) is 7.26. The van der Waals surface area contributed by atoms with Gasteiger partial charge in [-0.3, -0.25) is 19.7 Å². The van der Waals surface area contributed by atoms with E-state index in [2.05, 4.69) is 0 Å². The number of carbonyl (C=O) groups excluding carboxylic acids is 2. The van der Waals surface area contributed by atoms with Gasteiger partial charge in [-0.25, -0.2) is 0 Å². The van der Waals surface area contributed by atoms with Gasteiger partial charge in [-0.15, -0.1) is 0 Å². The summed E-state index contributed by atoms with van der Waals surface area (Å²) in [6.07, 6.45) is 1.31. The van der Waals surface area contributed by atoms with E-state index in [-0.39, 0.29) is 30.5 Å². The van der Waals surface area contributed by atoms with Gasteiger partial charge in [0.1, 0.15) is 0 Å². The maximum Gasteiger partial charge on any atom is 0.269 e. The number of nitrogens with zero attached hydrogens (tertiary/aromatic N) is 1. The fourth-order valence-electron chi connectivity index (χ4n) is 2.47. The minimum atomic E-state index is -0.473. The van der Waals surface area contributed by atoms with E-state index in [1.54, 1.807) is 36.4 Å². The number of rotatable bonds is 5. The van der Waals surface area contributed by atoms with Gasteiger partial charge in [0.05, 0.1) is 18.1 Å². The van der Waals surface area contributed by atoms with Gasteiger partial charge in [-0.05, 0) is 23.8 Å². The van der Waals surface area contributed by atoms with E-state index in [0.29, 0.717) is 16.7 Å². The topological polar surface area (TPSA) is 86.5 Å². The molecule has 0 saturated heterocycles. The standard InChI is InChI=1S/C18H13NO5/c20-17-9-13(18(21)16-4-2-1-3-15(16)17)11-24-10-12-5-7-14(8-6-12)19(22)23/h1-9H,10-11H2. The number of ketones is 2. The highest BCUT2D eigenvalue weighted by Gasteiger charge is 2.24. The lowest BCUT2D eigenvalue weighted by atomic mass is 9.90. The second-order valence-electron chi connectivity index (χ2n) is 5.32. The molecule has 6 nitrogen and oxygen atoms in total. The average Bonchev–Trinajstić information content (AvgIpc) is 2.59. The summed E-state index contributed by atoms with van der Waals surface area (Å²) in [7, 11) is 0. The van der Waals surface area contributed by atoms with E-state index in [1.165, 1.54) is 18.2 Å². The third-order valence-corrected chi connectivity index (χ3v) is 3.71. The molecular weight excluding hydrogens is 310 g/mol. The molecule has 0 aliphatic heterocycles. The van der Waals surface area contributed by atoms with Crippen LogP contribution in [0, 0.1) is 10.1 Å². The monoisotopic (exact) mass is 323 g/mol. The molecule has 1 aliphatic carbocycles. The summed E-state index contributed by atoms with van der Waals surface area (Å²) < 4.78 is 5.48. The van der Waals surface area contributed by atoms with Crippen molar-refractivity contribution in [3.8, 4) is 0 Å². The number of Topliss-reactive ketones (excluding diaryl/α,β-unsaturated/α-hetero) is 1. The zero-order chi connectivity index (χ0) is 17.1. The largest absolute Gasteiger partial charge is 0.372 e. The summed E-state index contributed by atoms with van der Waals surface area (Å²) in [6.45, 7) is 0.203. The molecule has 24 heavy (non-hydrogen) atoms. The summed E-state index contributed by atoms with van der Waals surface area (Å²) in [5, 5.41) is 10.6. The molecule has 0 saturated carbocycles. The van der Waals surface area contributed by atoms with E-state index in [4.69, 9.17) is 4.74 Å². The molecule has 3 rings (SSSR count). The number of fused-ring (bicyclic) bond motifs is 1. The Hall–Kier alpha value is -3.12. The van der Waals surface area contributed by atoms with E-state index in [9.17, 15) is 19.7 Å². The van der Waals surface area contributed by atoms with Crippen molar-refractivity contribution < 1.29 is 19.2 Å². The molecule has 6 heteroatoms. The Bertz CT molecular complexity index is 852. The van der Waals surface area contributed by atoms with E-state index < -0.39 is 4.92 Å². The normalized spacial score (nSPS) is 13.4. The highest BCUT2D eigenvalue weighted by atomic mass is 16.6. The van der Waals surface area contributed by atoms with Crippen LogP contribution in [-0.2, 0) is 11.3 Å². The molecule has 0 unspecified atom stereocenters. The lowest BCUT2D eigenvalue weighted by Gasteiger charge is -2.15. The summed E-state index contributed by atoms with van der Waals surface area (Å²) in [5.74, 6) is -0.423. The van der Waals surface area contributed by atoms with Gasteiger partial charge in [-0.2, -0.15) is 0 Å². The SMILES string of the molecule is O=C1C=C(COCc2ccc([N+](=O)[O-])cc2)C(=O)c2ccccc21. The van der Waals surface area contributed by atoms with E-state index >= 15 is 0 Å². The Morgan fingerprint density at radius 2 is 1.58 bits per heavy atom. The van der Waals surface area contributed by atoms with Crippen LogP contribution in [0.1, 0.15) is 26.3 Å². The van der Waals surface area contributed by atoms with Gasteiger partial charge >= 0.3 is 0 Å². The quantitative estimate of drug-likeness (QED) is 0.623. The van der Waals surface area contributed by atoms with Crippen LogP contribution in [-0.4, -0.2) is 23.1 Å². The van der Waals surface area contributed by atoms with Crippen molar-refractivity contribution in [2.24, 2.45) is 0 Å². The van der Waals surface area contributed by atoms with Crippen LogP contribution in [0.5, 0.6) is 0 Å². The number of ether oxygens (including phenoxy) is 1. The molecular formula is C18H13NO5. The van der Waals surface area contributed by atoms with Crippen molar-refractivity contribution in [1.82, 2.24) is 0 Å². The van der Waals surface area contributed by atoms with Crippen molar-refractivity contribution >= 4 is 17.3 Å². The molecule has 0 N–H and O–H groups in total. The Labute approximate surface area is 137 Å². The number of hydrogen-bond donors (Lipinski definition) is 0. The summed E-state index contributed by atoms with van der Waals surface area (Å²) in [6, 6.07) is 12.6. The zero-order valence-corrected chi connectivity index (χ0v) is 12.6. The maximum atomic E-state index is 12.3. The van der Waals surface area contributed by atoms with E-state index in [0.717, 1.165) is 5.56 Å². The number of carbonyl (C=O) groups is 2. The first kappa shape index (κ1) is 15.8. The van der Waals surface area contributed by atoms with Gasteiger partial charge in [0.15, 0.2) is 11.6 Å². The predicted molar refractivity (Wildman–Crippen MR) is 85.9 cm³/mol. The Balaban J connectivity index is 1.64. The first-order chi connectivity index (χ1) is 11.6. The molecule has 1 aliphatic rings. The van der Waals surface area contributed by atoms with Crippen LogP contribution < -0.4 is 0 Å². The van der Waals surface area contributed by atoms with Crippen molar-refractivity contribution in [3.05, 3.63) is 87.0 Å². The van der Waals surface area contributed by atoms with Crippen molar-refractivity contribution in [1.29, 1.82) is 0 Å². The van der Waals surface area contributed by atoms with Crippen molar-refractivity contribution in [2.75, 3.05) is 6.61 Å². The predicted octanol–water partition coefficient (Wildman–Crippen LogP) is 3.12. The number of benzene rings is 2. The van der Waals surface area contributed by atoms with Crippen molar-refractivity contribution in [2.45, 2.75) is 6.61 Å². The lowest BCUT2D eigenvalue weighted by molar-refractivity contribution is -0.384. The molecule has 120 valence electrons. The molecule has 0 spiro atoms. The van der Waals surface area contributed by atoms with Crippen LogP contribution in [0.15, 0.2) is 60.2 Å². The third kappa shape index (κ3) is 3.13. The number of nitro groups is 1. The molecule has 0 fully saturated rings. The third-order valence-electron chi connectivity index (χ3n) is 3.71. The minimum absolute atomic E-state index is 0.00567. The van der Waals surface area contributed by atoms with Crippen LogP contribution in [0.4, 0.5) is 5.69 Å². The van der Waals surface area contributed by atoms with Gasteiger partial charge in [0.2, 0.25) is 0 Å². The number of non-ortho nitro benzene ring substituents is 1. The molecule has 0 amide bonds. The fraction of sp³-hybridized carbons (Fsp3) is 0.111. The Kier molecular flexibility index (Phi) is 4.31. The summed E-state index contributed by atoms with van der Waals surface area (Å²) in [5.41, 5.74) is 1.85. The lowest BCUT2D eigenvalue weighted by Crippen LogP contribution is -2.19. The van der Waals surface area contributed by atoms with Crippen LogP contribution in [0.25, 0.3) is 0 Å². The maximum absolute atomic E-state index is 12.3. The molecule has 0 atom stereocenters. The Morgan fingerprint density at radius 1 is 0.917 bits per heavy atom. The average molecular weight is 323 g/mol. The molecule has 0 bridgehead atoms. The van der Waals surface area contributed by atoms with Gasteiger partial charge < -0.3 is 4.74 Å². The molecule has 0 aromatic heterocycles.